The Kier molecular flexibility index (Phi) is 6.38. The average molecular weight is 383 g/mol. The van der Waals surface area contributed by atoms with Crippen LogP contribution in [0.3, 0.4) is 0 Å². The van der Waals surface area contributed by atoms with E-state index in [1.165, 1.54) is 30.0 Å². The second kappa shape index (κ2) is 9.14. The molecule has 138 valence electrons. The molecule has 1 heterocycles. The maximum atomic E-state index is 13.2. The molecule has 3 rings (SSSR count). The lowest BCUT2D eigenvalue weighted by molar-refractivity contribution is -0.120. The van der Waals surface area contributed by atoms with Crippen molar-refractivity contribution in [3.8, 4) is 0 Å². The van der Waals surface area contributed by atoms with Crippen molar-refractivity contribution < 1.29 is 9.18 Å². The van der Waals surface area contributed by atoms with E-state index in [0.717, 1.165) is 11.1 Å². The molecule has 3 aromatic rings. The minimum absolute atomic E-state index is 0.0181. The highest BCUT2D eigenvalue weighted by Gasteiger charge is 2.08. The molecule has 0 bridgehead atoms. The van der Waals surface area contributed by atoms with Gasteiger partial charge in [0.2, 0.25) is 5.91 Å². The summed E-state index contributed by atoms with van der Waals surface area (Å²) in [6.45, 7) is 0.421. The normalized spacial score (nSPS) is 10.6. The predicted octanol–water partition coefficient (Wildman–Crippen LogP) is 3.06. The molecule has 0 unspecified atom stereocenters. The van der Waals surface area contributed by atoms with Gasteiger partial charge >= 0.3 is 0 Å². The van der Waals surface area contributed by atoms with Gasteiger partial charge in [0.1, 0.15) is 5.82 Å². The van der Waals surface area contributed by atoms with Crippen LogP contribution in [0.5, 0.6) is 0 Å². The van der Waals surface area contributed by atoms with Gasteiger partial charge in [-0.15, -0.1) is 0 Å². The number of hydrogen-bond acceptors (Lipinski definition) is 4. The summed E-state index contributed by atoms with van der Waals surface area (Å²) in [7, 11) is 0. The molecule has 2 aromatic carbocycles. The molecule has 1 amide bonds. The number of hydrogen-bond donors (Lipinski definition) is 2. The SMILES string of the molecule is O=C(Cc1cc(=O)[nH]c(SCc2cccc(F)c2)n1)NCc1ccccc1. The van der Waals surface area contributed by atoms with Crippen molar-refractivity contribution in [2.45, 2.75) is 23.9 Å². The summed E-state index contributed by atoms with van der Waals surface area (Å²) in [5.74, 6) is -0.0545. The van der Waals surface area contributed by atoms with Gasteiger partial charge in [0.25, 0.3) is 5.56 Å². The molecule has 0 aliphatic rings. The second-order valence-electron chi connectivity index (χ2n) is 5.90. The highest BCUT2D eigenvalue weighted by atomic mass is 32.2. The highest BCUT2D eigenvalue weighted by Crippen LogP contribution is 2.19. The zero-order chi connectivity index (χ0) is 19.1. The van der Waals surface area contributed by atoms with E-state index in [9.17, 15) is 14.0 Å². The summed E-state index contributed by atoms with van der Waals surface area (Å²) < 4.78 is 13.2. The first kappa shape index (κ1) is 18.8. The number of aromatic nitrogens is 2. The number of halogens is 1. The Bertz CT molecular complexity index is 976. The van der Waals surface area contributed by atoms with Crippen LogP contribution in [-0.4, -0.2) is 15.9 Å². The number of amides is 1. The van der Waals surface area contributed by atoms with Crippen molar-refractivity contribution in [3.63, 3.8) is 0 Å². The fourth-order valence-electron chi connectivity index (χ4n) is 2.44. The molecular weight excluding hydrogens is 365 g/mol. The largest absolute Gasteiger partial charge is 0.352 e. The number of nitrogens with zero attached hydrogens (tertiary/aromatic N) is 1. The van der Waals surface area contributed by atoms with E-state index in [1.807, 2.05) is 30.3 Å². The van der Waals surface area contributed by atoms with Crippen LogP contribution >= 0.6 is 11.8 Å². The van der Waals surface area contributed by atoms with E-state index >= 15 is 0 Å². The first-order valence-electron chi connectivity index (χ1n) is 8.36. The van der Waals surface area contributed by atoms with Crippen LogP contribution in [0.15, 0.2) is 70.6 Å². The quantitative estimate of drug-likeness (QED) is 0.486. The minimum atomic E-state index is -0.322. The predicted molar refractivity (Wildman–Crippen MR) is 103 cm³/mol. The Labute approximate surface area is 160 Å². The number of carbonyl (C=O) groups excluding carboxylic acids is 1. The van der Waals surface area contributed by atoms with Gasteiger partial charge in [-0.3, -0.25) is 9.59 Å². The molecule has 7 heteroatoms. The number of thioether (sulfide) groups is 1. The molecule has 2 N–H and O–H groups in total. The van der Waals surface area contributed by atoms with Crippen LogP contribution in [0.2, 0.25) is 0 Å². The third kappa shape index (κ3) is 6.07. The Balaban J connectivity index is 1.59. The molecule has 5 nitrogen and oxygen atoms in total. The van der Waals surface area contributed by atoms with Crippen molar-refractivity contribution in [2.24, 2.45) is 0 Å². The number of rotatable bonds is 7. The third-order valence-electron chi connectivity index (χ3n) is 3.71. The Hall–Kier alpha value is -2.93. The summed E-state index contributed by atoms with van der Waals surface area (Å²) in [6, 6.07) is 17.1. The summed E-state index contributed by atoms with van der Waals surface area (Å²) >= 11 is 1.28. The average Bonchev–Trinajstić information content (AvgIpc) is 2.65. The first-order chi connectivity index (χ1) is 13.1. The van der Waals surface area contributed by atoms with Gasteiger partial charge in [0, 0.05) is 18.4 Å². The first-order valence-corrected chi connectivity index (χ1v) is 9.35. The summed E-state index contributed by atoms with van der Waals surface area (Å²) in [4.78, 5) is 30.9. The molecule has 0 saturated heterocycles. The Morgan fingerprint density at radius 3 is 2.63 bits per heavy atom. The molecule has 27 heavy (non-hydrogen) atoms. The van der Waals surface area contributed by atoms with Crippen LogP contribution in [0.1, 0.15) is 16.8 Å². The summed E-state index contributed by atoms with van der Waals surface area (Å²) in [5.41, 5.74) is 1.85. The van der Waals surface area contributed by atoms with Crippen molar-refractivity contribution in [3.05, 3.63) is 93.7 Å². The van der Waals surface area contributed by atoms with Gasteiger partial charge in [-0.05, 0) is 23.3 Å². The van der Waals surface area contributed by atoms with Crippen LogP contribution in [0.4, 0.5) is 4.39 Å². The van der Waals surface area contributed by atoms with Gasteiger partial charge in [-0.25, -0.2) is 9.37 Å². The number of aromatic amines is 1. The summed E-state index contributed by atoms with van der Waals surface area (Å²) in [5, 5.41) is 3.21. The van der Waals surface area contributed by atoms with Crippen LogP contribution in [0, 0.1) is 5.82 Å². The van der Waals surface area contributed by atoms with E-state index in [1.54, 1.807) is 12.1 Å². The molecular formula is C20H18FN3O2S. The van der Waals surface area contributed by atoms with Gasteiger partial charge in [0.05, 0.1) is 12.1 Å². The topological polar surface area (TPSA) is 74.8 Å². The molecule has 0 saturated carbocycles. The van der Waals surface area contributed by atoms with Crippen molar-refractivity contribution in [1.82, 2.24) is 15.3 Å². The van der Waals surface area contributed by atoms with Gasteiger partial charge < -0.3 is 10.3 Å². The fraction of sp³-hybridized carbons (Fsp3) is 0.150. The monoisotopic (exact) mass is 383 g/mol. The lowest BCUT2D eigenvalue weighted by Gasteiger charge is -2.06. The molecule has 0 aliphatic carbocycles. The number of nitrogens with one attached hydrogen (secondary N) is 2. The van der Waals surface area contributed by atoms with Gasteiger partial charge in [-0.2, -0.15) is 0 Å². The van der Waals surface area contributed by atoms with E-state index in [4.69, 9.17) is 0 Å². The van der Waals surface area contributed by atoms with Crippen molar-refractivity contribution in [1.29, 1.82) is 0 Å². The number of carbonyl (C=O) groups is 1. The summed E-state index contributed by atoms with van der Waals surface area (Å²) in [6.07, 6.45) is 0.0181. The number of H-pyrrole nitrogens is 1. The van der Waals surface area contributed by atoms with Gasteiger partial charge in [0.15, 0.2) is 5.16 Å². The Morgan fingerprint density at radius 2 is 1.85 bits per heavy atom. The minimum Gasteiger partial charge on any atom is -0.352 e. The zero-order valence-electron chi connectivity index (χ0n) is 14.4. The standard InChI is InChI=1S/C20H18FN3O2S/c21-16-8-4-7-15(9-16)13-27-20-23-17(11-19(26)24-20)10-18(25)22-12-14-5-2-1-3-6-14/h1-9,11H,10,12-13H2,(H,22,25)(H,23,24,26). The van der Waals surface area contributed by atoms with E-state index in [0.29, 0.717) is 23.1 Å². The van der Waals surface area contributed by atoms with Crippen LogP contribution in [0.25, 0.3) is 0 Å². The van der Waals surface area contributed by atoms with E-state index < -0.39 is 0 Å². The second-order valence-corrected chi connectivity index (χ2v) is 6.86. The molecule has 0 radical (unpaired) electrons. The fourth-order valence-corrected chi connectivity index (χ4v) is 3.28. The maximum Gasteiger partial charge on any atom is 0.251 e. The molecule has 0 atom stereocenters. The smallest absolute Gasteiger partial charge is 0.251 e. The third-order valence-corrected chi connectivity index (χ3v) is 4.66. The Morgan fingerprint density at radius 1 is 1.07 bits per heavy atom. The highest BCUT2D eigenvalue weighted by molar-refractivity contribution is 7.98. The lowest BCUT2D eigenvalue weighted by Crippen LogP contribution is -2.25. The lowest BCUT2D eigenvalue weighted by atomic mass is 10.2. The molecule has 0 fully saturated rings. The van der Waals surface area contributed by atoms with E-state index in [-0.39, 0.29) is 23.7 Å². The maximum absolute atomic E-state index is 13.2. The molecule has 0 spiro atoms. The van der Waals surface area contributed by atoms with Crippen molar-refractivity contribution >= 4 is 17.7 Å². The van der Waals surface area contributed by atoms with E-state index in [2.05, 4.69) is 15.3 Å². The van der Waals surface area contributed by atoms with Crippen molar-refractivity contribution in [2.75, 3.05) is 0 Å². The van der Waals surface area contributed by atoms with Gasteiger partial charge in [-0.1, -0.05) is 54.2 Å². The molecule has 1 aromatic heterocycles. The molecule has 0 aliphatic heterocycles. The number of benzene rings is 2. The zero-order valence-corrected chi connectivity index (χ0v) is 15.3. The van der Waals surface area contributed by atoms with Crippen LogP contribution < -0.4 is 10.9 Å². The van der Waals surface area contributed by atoms with Crippen LogP contribution in [-0.2, 0) is 23.5 Å².